The first-order valence-electron chi connectivity index (χ1n) is 12.7. The van der Waals surface area contributed by atoms with Gasteiger partial charge in [-0.1, -0.05) is 12.5 Å². The molecule has 3 atom stereocenters. The lowest BCUT2D eigenvalue weighted by Gasteiger charge is -2.21. The molecule has 3 aliphatic carbocycles. The van der Waals surface area contributed by atoms with Crippen LogP contribution in [-0.2, 0) is 6.42 Å². The van der Waals surface area contributed by atoms with E-state index in [1.54, 1.807) is 6.20 Å². The van der Waals surface area contributed by atoms with Crippen LogP contribution in [0, 0.1) is 17.8 Å². The summed E-state index contributed by atoms with van der Waals surface area (Å²) in [6.45, 7) is 2.76. The van der Waals surface area contributed by atoms with Gasteiger partial charge in [0.25, 0.3) is 5.91 Å². The highest BCUT2D eigenvalue weighted by Crippen LogP contribution is 2.47. The first-order valence-corrected chi connectivity index (χ1v) is 12.7. The summed E-state index contributed by atoms with van der Waals surface area (Å²) in [6.07, 6.45) is 11.6. The van der Waals surface area contributed by atoms with E-state index in [0.29, 0.717) is 29.8 Å². The Balaban J connectivity index is 1.08. The molecule has 1 aromatic heterocycles. The molecule has 1 aromatic carbocycles. The van der Waals surface area contributed by atoms with Crippen molar-refractivity contribution < 1.29 is 14.3 Å². The minimum atomic E-state index is -0.260. The van der Waals surface area contributed by atoms with Crippen molar-refractivity contribution in [2.45, 2.75) is 57.8 Å². The lowest BCUT2D eigenvalue weighted by Crippen LogP contribution is -2.27. The Morgan fingerprint density at radius 1 is 1.15 bits per heavy atom. The molecule has 3 N–H and O–H groups in total. The first-order chi connectivity index (χ1) is 16.2. The van der Waals surface area contributed by atoms with E-state index in [-0.39, 0.29) is 11.7 Å². The number of carbonyl (C=O) groups is 2. The van der Waals surface area contributed by atoms with Gasteiger partial charge in [0.05, 0.1) is 17.7 Å². The molecule has 0 spiro atoms. The lowest BCUT2D eigenvalue weighted by atomic mass is 9.89. The quantitative estimate of drug-likeness (QED) is 0.373. The van der Waals surface area contributed by atoms with Crippen molar-refractivity contribution in [2.75, 3.05) is 25.0 Å². The summed E-state index contributed by atoms with van der Waals surface area (Å²) in [5.74, 6) is 3.39. The third-order valence-electron chi connectivity index (χ3n) is 7.72. The molecule has 6 nitrogen and oxygen atoms in total. The fraction of sp³-hybridized carbons (Fsp3) is 0.556. The van der Waals surface area contributed by atoms with Gasteiger partial charge in [0, 0.05) is 30.1 Å². The second-order valence-corrected chi connectivity index (χ2v) is 10.0. The molecule has 1 heterocycles. The maximum Gasteiger partial charge on any atom is 0.257 e. The number of aromatic amines is 1. The molecule has 3 aliphatic rings. The van der Waals surface area contributed by atoms with Crippen molar-refractivity contribution >= 4 is 17.4 Å². The average molecular weight is 450 g/mol. The minimum Gasteiger partial charge on any atom is -0.493 e. The molecule has 3 unspecified atom stereocenters. The molecule has 6 heteroatoms. The van der Waals surface area contributed by atoms with E-state index in [1.807, 2.05) is 24.3 Å². The van der Waals surface area contributed by atoms with E-state index in [2.05, 4.69) is 15.6 Å². The maximum absolute atomic E-state index is 12.9. The average Bonchev–Trinajstić information content (AvgIpc) is 3.52. The molecule has 1 amide bonds. The first kappa shape index (κ1) is 22.2. The van der Waals surface area contributed by atoms with Crippen LogP contribution < -0.4 is 15.4 Å². The Morgan fingerprint density at radius 3 is 2.91 bits per heavy atom. The van der Waals surface area contributed by atoms with Crippen molar-refractivity contribution in [3.63, 3.8) is 0 Å². The monoisotopic (exact) mass is 449 g/mol. The summed E-state index contributed by atoms with van der Waals surface area (Å²) in [4.78, 5) is 28.5. The number of carbonyl (C=O) groups excluding carboxylic acids is 2. The summed E-state index contributed by atoms with van der Waals surface area (Å²) in [7, 11) is 0. The van der Waals surface area contributed by atoms with Crippen LogP contribution in [0.25, 0.3) is 0 Å². The van der Waals surface area contributed by atoms with Gasteiger partial charge < -0.3 is 20.4 Å². The number of hydrogen-bond donors (Lipinski definition) is 3. The van der Waals surface area contributed by atoms with Crippen LogP contribution in [0.3, 0.4) is 0 Å². The van der Waals surface area contributed by atoms with E-state index in [0.717, 1.165) is 68.0 Å². The summed E-state index contributed by atoms with van der Waals surface area (Å²) in [5.41, 5.74) is 2.55. The molecule has 176 valence electrons. The molecular weight excluding hydrogens is 414 g/mol. The number of Topliss-reactive ketones (excluding diaryl/α,β-unsaturated/α-hetero) is 1. The van der Waals surface area contributed by atoms with E-state index < -0.39 is 0 Å². The van der Waals surface area contributed by atoms with Crippen molar-refractivity contribution in [1.82, 2.24) is 10.3 Å². The number of fused-ring (bicyclic) bond motifs is 3. The molecule has 2 aromatic rings. The molecule has 0 saturated heterocycles. The number of ketones is 1. The number of benzene rings is 1. The van der Waals surface area contributed by atoms with Gasteiger partial charge in [-0.3, -0.25) is 9.59 Å². The number of anilines is 1. The van der Waals surface area contributed by atoms with Crippen molar-refractivity contribution in [3.05, 3.63) is 47.3 Å². The Hall–Kier alpha value is -2.60. The lowest BCUT2D eigenvalue weighted by molar-refractivity contribution is 0.0965. The number of hydrogen-bond acceptors (Lipinski definition) is 4. The predicted molar refractivity (Wildman–Crippen MR) is 129 cm³/mol. The fourth-order valence-electron chi connectivity index (χ4n) is 6.04. The highest BCUT2D eigenvalue weighted by atomic mass is 16.5. The minimum absolute atomic E-state index is 0.0556. The van der Waals surface area contributed by atoms with Gasteiger partial charge >= 0.3 is 0 Å². The molecule has 33 heavy (non-hydrogen) atoms. The van der Waals surface area contributed by atoms with Crippen molar-refractivity contribution in [3.8, 4) is 5.75 Å². The van der Waals surface area contributed by atoms with Crippen LogP contribution >= 0.6 is 0 Å². The SMILES string of the molecule is O=C(Nc1cccc(OCCCNCC2CC3CCC2C3)c1)c1c[nH]c2c1C(=O)CCCC2. The van der Waals surface area contributed by atoms with Crippen LogP contribution in [-0.4, -0.2) is 36.4 Å². The highest BCUT2D eigenvalue weighted by Gasteiger charge is 2.38. The Labute approximate surface area is 195 Å². The third-order valence-corrected chi connectivity index (χ3v) is 7.72. The Morgan fingerprint density at radius 2 is 2.06 bits per heavy atom. The van der Waals surface area contributed by atoms with Gasteiger partial charge in [-0.2, -0.15) is 0 Å². The van der Waals surface area contributed by atoms with Crippen LogP contribution in [0.2, 0.25) is 0 Å². The van der Waals surface area contributed by atoms with Gasteiger partial charge in [-0.15, -0.1) is 0 Å². The standard InChI is InChI=1S/C27H35N3O3/c31-25-8-2-1-7-24-26(25)23(17-29-24)27(32)30-21-5-3-6-22(15-21)33-12-4-11-28-16-20-14-18-9-10-19(20)13-18/h3,5-6,15,17-20,28-29H,1-2,4,7-14,16H2,(H,30,32). The fourth-order valence-corrected chi connectivity index (χ4v) is 6.04. The zero-order valence-electron chi connectivity index (χ0n) is 19.3. The number of ether oxygens (including phenoxy) is 1. The second-order valence-electron chi connectivity index (χ2n) is 10.0. The normalized spacial score (nSPS) is 23.9. The number of aromatic nitrogens is 1. The number of H-pyrrole nitrogens is 1. The second kappa shape index (κ2) is 10.1. The molecule has 2 fully saturated rings. The smallest absolute Gasteiger partial charge is 0.257 e. The Kier molecular flexibility index (Phi) is 6.81. The summed E-state index contributed by atoms with van der Waals surface area (Å²) < 4.78 is 5.91. The predicted octanol–water partition coefficient (Wildman–Crippen LogP) is 4.97. The van der Waals surface area contributed by atoms with E-state index in [4.69, 9.17) is 4.74 Å². The van der Waals surface area contributed by atoms with Crippen LogP contribution in [0.1, 0.15) is 77.8 Å². The van der Waals surface area contributed by atoms with Crippen molar-refractivity contribution in [2.24, 2.45) is 17.8 Å². The molecule has 2 saturated carbocycles. The van der Waals surface area contributed by atoms with E-state index in [9.17, 15) is 9.59 Å². The topological polar surface area (TPSA) is 83.2 Å². The van der Waals surface area contributed by atoms with Crippen molar-refractivity contribution in [1.29, 1.82) is 0 Å². The largest absolute Gasteiger partial charge is 0.493 e. The molecule has 0 aliphatic heterocycles. The van der Waals surface area contributed by atoms with Gasteiger partial charge in [0.15, 0.2) is 5.78 Å². The van der Waals surface area contributed by atoms with Crippen LogP contribution in [0.15, 0.2) is 30.5 Å². The van der Waals surface area contributed by atoms with E-state index in [1.165, 1.54) is 25.7 Å². The Bertz CT molecular complexity index is 998. The summed E-state index contributed by atoms with van der Waals surface area (Å²) in [5, 5.41) is 6.54. The number of aryl methyl sites for hydroxylation is 1. The summed E-state index contributed by atoms with van der Waals surface area (Å²) >= 11 is 0. The van der Waals surface area contributed by atoms with Gasteiger partial charge in [0.1, 0.15) is 5.75 Å². The zero-order chi connectivity index (χ0) is 22.6. The zero-order valence-corrected chi connectivity index (χ0v) is 19.3. The van der Waals surface area contributed by atoms with E-state index >= 15 is 0 Å². The number of amides is 1. The molecule has 2 bridgehead atoms. The molecule has 0 radical (unpaired) electrons. The molecule has 5 rings (SSSR count). The van der Waals surface area contributed by atoms with Gasteiger partial charge in [0.2, 0.25) is 0 Å². The van der Waals surface area contributed by atoms with Gasteiger partial charge in [-0.25, -0.2) is 0 Å². The highest BCUT2D eigenvalue weighted by molar-refractivity contribution is 6.13. The number of nitrogens with one attached hydrogen (secondary N) is 3. The third kappa shape index (κ3) is 5.16. The van der Waals surface area contributed by atoms with Gasteiger partial charge in [-0.05, 0) is 87.9 Å². The number of rotatable bonds is 9. The molecular formula is C27H35N3O3. The van der Waals surface area contributed by atoms with Crippen LogP contribution in [0.5, 0.6) is 5.75 Å². The maximum atomic E-state index is 12.9. The van der Waals surface area contributed by atoms with Crippen LogP contribution in [0.4, 0.5) is 5.69 Å². The summed E-state index contributed by atoms with van der Waals surface area (Å²) in [6, 6.07) is 7.47.